The Morgan fingerprint density at radius 3 is 2.74 bits per heavy atom. The lowest BCUT2D eigenvalue weighted by molar-refractivity contribution is -0.137. The molecule has 2 aromatic rings. The highest BCUT2D eigenvalue weighted by molar-refractivity contribution is 8.00. The summed E-state index contributed by atoms with van der Waals surface area (Å²) in [6.07, 6.45) is 8.25. The van der Waals surface area contributed by atoms with Crippen molar-refractivity contribution in [3.8, 4) is 0 Å². The van der Waals surface area contributed by atoms with Gasteiger partial charge in [0.05, 0.1) is 12.0 Å². The fraction of sp³-hybridized carbons (Fsp3) is 0.650. The molecule has 2 atom stereocenters. The van der Waals surface area contributed by atoms with Crippen molar-refractivity contribution in [2.45, 2.75) is 74.7 Å². The largest absolute Gasteiger partial charge is 0.465 e. The van der Waals surface area contributed by atoms with Crippen LogP contribution in [0.5, 0.6) is 0 Å². The molecule has 0 radical (unpaired) electrons. The van der Waals surface area contributed by atoms with Crippen LogP contribution in [0.2, 0.25) is 0 Å². The molecular formula is C20H24N2O3S2. The fourth-order valence-corrected chi connectivity index (χ4v) is 7.22. The van der Waals surface area contributed by atoms with Crippen molar-refractivity contribution < 1.29 is 9.53 Å². The highest BCUT2D eigenvalue weighted by atomic mass is 32.2. The number of carbonyl (C=O) groups is 1. The second-order valence-corrected chi connectivity index (χ2v) is 10.4. The zero-order chi connectivity index (χ0) is 18.5. The molecule has 0 aromatic carbocycles. The van der Waals surface area contributed by atoms with E-state index in [-0.39, 0.29) is 22.8 Å². The molecule has 1 saturated carbocycles. The standard InChI is InChI=1S/C20H24N2O3S2/c1-11-6-7-13-15(10-11)26-17-16(13)18(23)22(12-4-2-3-5-12)20(21-17)27-14-8-9-25-19(14)24/h11-12,14H,2-10H2,1H3/t11-,14-/m0/s1. The van der Waals surface area contributed by atoms with Crippen molar-refractivity contribution in [1.29, 1.82) is 0 Å². The van der Waals surface area contributed by atoms with E-state index in [4.69, 9.17) is 9.72 Å². The smallest absolute Gasteiger partial charge is 0.319 e. The Balaban J connectivity index is 1.66. The normalized spacial score (nSPS) is 25.9. The summed E-state index contributed by atoms with van der Waals surface area (Å²) >= 11 is 3.12. The van der Waals surface area contributed by atoms with Crippen molar-refractivity contribution in [2.75, 3.05) is 6.61 Å². The first-order valence-corrected chi connectivity index (χ1v) is 11.7. The number of rotatable bonds is 3. The first-order chi connectivity index (χ1) is 13.1. The number of hydrogen-bond acceptors (Lipinski definition) is 6. The highest BCUT2D eigenvalue weighted by Gasteiger charge is 2.33. The summed E-state index contributed by atoms with van der Waals surface area (Å²) in [7, 11) is 0. The van der Waals surface area contributed by atoms with E-state index in [0.717, 1.165) is 60.3 Å². The lowest BCUT2D eigenvalue weighted by Crippen LogP contribution is -2.28. The number of thioether (sulfide) groups is 1. The van der Waals surface area contributed by atoms with E-state index in [1.165, 1.54) is 22.2 Å². The molecule has 1 aliphatic heterocycles. The molecule has 0 spiro atoms. The molecule has 0 amide bonds. The Morgan fingerprint density at radius 1 is 1.19 bits per heavy atom. The molecule has 7 heteroatoms. The summed E-state index contributed by atoms with van der Waals surface area (Å²) in [6, 6.07) is 0.215. The summed E-state index contributed by atoms with van der Waals surface area (Å²) in [6.45, 7) is 2.75. The van der Waals surface area contributed by atoms with E-state index in [2.05, 4.69) is 6.92 Å². The number of carbonyl (C=O) groups excluding carboxylic acids is 1. The SMILES string of the molecule is C[C@H]1CCc2c(sc3nc(S[C@H]4CCOC4=O)n(C4CCCC4)c(=O)c23)C1. The van der Waals surface area contributed by atoms with E-state index < -0.39 is 0 Å². The second-order valence-electron chi connectivity index (χ2n) is 8.10. The molecule has 3 aliphatic rings. The second kappa shape index (κ2) is 6.92. The Kier molecular flexibility index (Phi) is 4.55. The zero-order valence-electron chi connectivity index (χ0n) is 15.5. The van der Waals surface area contributed by atoms with Crippen LogP contribution in [0.1, 0.15) is 61.9 Å². The summed E-state index contributed by atoms with van der Waals surface area (Å²) in [5.41, 5.74) is 1.36. The van der Waals surface area contributed by atoms with Crippen LogP contribution in [-0.2, 0) is 22.4 Å². The van der Waals surface area contributed by atoms with Crippen LogP contribution in [0.25, 0.3) is 10.2 Å². The minimum atomic E-state index is -0.239. The zero-order valence-corrected chi connectivity index (χ0v) is 17.2. The number of thiophene rings is 1. The number of ether oxygens (including phenoxy) is 1. The number of esters is 1. The van der Waals surface area contributed by atoms with Crippen molar-refractivity contribution in [2.24, 2.45) is 5.92 Å². The van der Waals surface area contributed by atoms with E-state index in [1.54, 1.807) is 11.3 Å². The van der Waals surface area contributed by atoms with Gasteiger partial charge in [-0.05, 0) is 43.6 Å². The van der Waals surface area contributed by atoms with Gasteiger partial charge in [-0.1, -0.05) is 31.5 Å². The predicted octanol–water partition coefficient (Wildman–Crippen LogP) is 4.11. The molecular weight excluding hydrogens is 380 g/mol. The minimum Gasteiger partial charge on any atom is -0.465 e. The van der Waals surface area contributed by atoms with E-state index in [1.807, 2.05) is 4.57 Å². The van der Waals surface area contributed by atoms with Crippen LogP contribution in [0.15, 0.2) is 9.95 Å². The monoisotopic (exact) mass is 404 g/mol. The van der Waals surface area contributed by atoms with Gasteiger partial charge in [-0.2, -0.15) is 0 Å². The molecule has 3 heterocycles. The number of cyclic esters (lactones) is 1. The van der Waals surface area contributed by atoms with Gasteiger partial charge >= 0.3 is 5.97 Å². The molecule has 2 fully saturated rings. The predicted molar refractivity (Wildman–Crippen MR) is 108 cm³/mol. The third kappa shape index (κ3) is 3.03. The topological polar surface area (TPSA) is 61.2 Å². The molecule has 0 unspecified atom stereocenters. The van der Waals surface area contributed by atoms with Gasteiger partial charge in [-0.25, -0.2) is 4.98 Å². The number of hydrogen-bond donors (Lipinski definition) is 0. The minimum absolute atomic E-state index is 0.118. The van der Waals surface area contributed by atoms with Gasteiger partial charge in [0.1, 0.15) is 10.1 Å². The maximum atomic E-state index is 13.6. The number of aromatic nitrogens is 2. The molecule has 5 rings (SSSR count). The first kappa shape index (κ1) is 17.7. The van der Waals surface area contributed by atoms with Crippen LogP contribution in [0.3, 0.4) is 0 Å². The molecule has 1 saturated heterocycles. The number of aryl methyl sites for hydroxylation is 1. The van der Waals surface area contributed by atoms with E-state index in [9.17, 15) is 9.59 Å². The van der Waals surface area contributed by atoms with Gasteiger partial charge in [0.2, 0.25) is 0 Å². The first-order valence-electron chi connectivity index (χ1n) is 10.0. The van der Waals surface area contributed by atoms with Gasteiger partial charge in [-0.3, -0.25) is 14.2 Å². The Bertz CT molecular complexity index is 958. The average Bonchev–Trinajstić information content (AvgIpc) is 3.35. The van der Waals surface area contributed by atoms with Crippen LogP contribution >= 0.6 is 23.1 Å². The van der Waals surface area contributed by atoms with Crippen LogP contribution in [0, 0.1) is 5.92 Å². The maximum Gasteiger partial charge on any atom is 0.319 e. The molecule has 5 nitrogen and oxygen atoms in total. The molecule has 2 aromatic heterocycles. The fourth-order valence-electron chi connectivity index (χ4n) is 4.66. The van der Waals surface area contributed by atoms with Gasteiger partial charge in [0, 0.05) is 17.3 Å². The van der Waals surface area contributed by atoms with Crippen LogP contribution in [0.4, 0.5) is 0 Å². The van der Waals surface area contributed by atoms with Crippen molar-refractivity contribution in [1.82, 2.24) is 9.55 Å². The summed E-state index contributed by atoms with van der Waals surface area (Å²) in [4.78, 5) is 32.8. The summed E-state index contributed by atoms with van der Waals surface area (Å²) in [5, 5.41) is 1.33. The third-order valence-corrected chi connectivity index (χ3v) is 8.51. The Labute approximate surface area is 166 Å². The molecule has 144 valence electrons. The Morgan fingerprint density at radius 2 is 2.00 bits per heavy atom. The molecule has 27 heavy (non-hydrogen) atoms. The highest BCUT2D eigenvalue weighted by Crippen LogP contribution is 2.39. The quantitative estimate of drug-likeness (QED) is 0.569. The van der Waals surface area contributed by atoms with Gasteiger partial charge in [-0.15, -0.1) is 11.3 Å². The molecule has 2 aliphatic carbocycles. The van der Waals surface area contributed by atoms with Crippen LogP contribution < -0.4 is 5.56 Å². The van der Waals surface area contributed by atoms with Gasteiger partial charge < -0.3 is 4.74 Å². The van der Waals surface area contributed by atoms with E-state index >= 15 is 0 Å². The van der Waals surface area contributed by atoms with E-state index in [0.29, 0.717) is 18.9 Å². The van der Waals surface area contributed by atoms with Crippen molar-refractivity contribution in [3.63, 3.8) is 0 Å². The Hall–Kier alpha value is -1.34. The summed E-state index contributed by atoms with van der Waals surface area (Å²) in [5.74, 6) is 0.497. The van der Waals surface area contributed by atoms with Crippen molar-refractivity contribution in [3.05, 3.63) is 20.8 Å². The van der Waals surface area contributed by atoms with Gasteiger partial charge in [0.15, 0.2) is 5.16 Å². The molecule has 0 N–H and O–H groups in total. The van der Waals surface area contributed by atoms with Crippen molar-refractivity contribution >= 4 is 39.3 Å². The van der Waals surface area contributed by atoms with Crippen LogP contribution in [-0.4, -0.2) is 27.4 Å². The average molecular weight is 405 g/mol. The molecule has 0 bridgehead atoms. The lowest BCUT2D eigenvalue weighted by Gasteiger charge is -2.20. The third-order valence-electron chi connectivity index (χ3n) is 6.15. The number of nitrogens with zero attached hydrogens (tertiary/aromatic N) is 2. The van der Waals surface area contributed by atoms with Gasteiger partial charge in [0.25, 0.3) is 5.56 Å². The lowest BCUT2D eigenvalue weighted by atomic mass is 9.89. The maximum absolute atomic E-state index is 13.6. The number of fused-ring (bicyclic) bond motifs is 3. The summed E-state index contributed by atoms with van der Waals surface area (Å²) < 4.78 is 7.05.